The van der Waals surface area contributed by atoms with Gasteiger partial charge in [0, 0.05) is 6.54 Å². The van der Waals surface area contributed by atoms with Gasteiger partial charge >= 0.3 is 5.97 Å². The number of carboxylic acids is 1. The molecule has 1 aromatic rings. The Labute approximate surface area is 99.1 Å². The lowest BCUT2D eigenvalue weighted by molar-refractivity contribution is 0.0696. The predicted molar refractivity (Wildman–Crippen MR) is 62.5 cm³/mol. The summed E-state index contributed by atoms with van der Waals surface area (Å²) >= 11 is 0. The average molecular weight is 236 g/mol. The van der Waals surface area contributed by atoms with Crippen molar-refractivity contribution in [1.82, 2.24) is 4.98 Å². The maximum absolute atomic E-state index is 13.0. The van der Waals surface area contributed by atoms with Crippen molar-refractivity contribution in [3.63, 3.8) is 0 Å². The van der Waals surface area contributed by atoms with E-state index in [-0.39, 0.29) is 17.9 Å². The van der Waals surface area contributed by atoms with E-state index in [1.807, 2.05) is 6.92 Å². The van der Waals surface area contributed by atoms with Crippen LogP contribution in [-0.2, 0) is 0 Å². The summed E-state index contributed by atoms with van der Waals surface area (Å²) in [6.07, 6.45) is 6.99. The van der Waals surface area contributed by atoms with Crippen LogP contribution in [0.25, 0.3) is 0 Å². The second-order valence-corrected chi connectivity index (χ2v) is 3.46. The highest BCUT2D eigenvalue weighted by Crippen LogP contribution is 2.18. The number of nitrogens with zero attached hydrogens (tertiary/aromatic N) is 2. The standard InChI is InChI=1S/C12H13FN2O2/c1-3-5-15(6-4-2)11-10(12(16)17)7-9(13)8-14-11/h1,7-8H,4-6H2,2H3,(H,16,17). The van der Waals surface area contributed by atoms with Gasteiger partial charge in [-0.2, -0.15) is 0 Å². The number of aromatic nitrogens is 1. The first-order chi connectivity index (χ1) is 8.10. The fourth-order valence-corrected chi connectivity index (χ4v) is 1.48. The molecule has 0 unspecified atom stereocenters. The minimum atomic E-state index is -1.22. The van der Waals surface area contributed by atoms with Crippen molar-refractivity contribution in [2.75, 3.05) is 18.0 Å². The van der Waals surface area contributed by atoms with Gasteiger partial charge in [0.1, 0.15) is 17.2 Å². The third-order valence-corrected chi connectivity index (χ3v) is 2.14. The molecular weight excluding hydrogens is 223 g/mol. The maximum atomic E-state index is 13.0. The smallest absolute Gasteiger partial charge is 0.339 e. The molecule has 0 aliphatic heterocycles. The van der Waals surface area contributed by atoms with E-state index in [4.69, 9.17) is 11.5 Å². The molecule has 90 valence electrons. The SMILES string of the molecule is C#CCN(CCC)c1ncc(F)cc1C(=O)O. The van der Waals surface area contributed by atoms with Gasteiger partial charge < -0.3 is 10.0 Å². The van der Waals surface area contributed by atoms with Gasteiger partial charge in [-0.3, -0.25) is 0 Å². The Bertz CT molecular complexity index is 454. The quantitative estimate of drug-likeness (QED) is 0.791. The van der Waals surface area contributed by atoms with Crippen LogP contribution in [-0.4, -0.2) is 29.1 Å². The molecule has 1 rings (SSSR count). The van der Waals surface area contributed by atoms with Crippen LogP contribution >= 0.6 is 0 Å². The van der Waals surface area contributed by atoms with Crippen molar-refractivity contribution in [2.24, 2.45) is 0 Å². The van der Waals surface area contributed by atoms with Crippen molar-refractivity contribution in [1.29, 1.82) is 0 Å². The Hall–Kier alpha value is -2.09. The summed E-state index contributed by atoms with van der Waals surface area (Å²) in [5, 5.41) is 8.99. The first-order valence-corrected chi connectivity index (χ1v) is 5.17. The summed E-state index contributed by atoms with van der Waals surface area (Å²) in [6, 6.07) is 0.948. The molecule has 0 radical (unpaired) electrons. The van der Waals surface area contributed by atoms with Gasteiger partial charge in [0.25, 0.3) is 0 Å². The van der Waals surface area contributed by atoms with Crippen LogP contribution in [0.3, 0.4) is 0 Å². The Morgan fingerprint density at radius 3 is 2.94 bits per heavy atom. The van der Waals surface area contributed by atoms with Crippen molar-refractivity contribution < 1.29 is 14.3 Å². The highest BCUT2D eigenvalue weighted by Gasteiger charge is 2.17. The fourth-order valence-electron chi connectivity index (χ4n) is 1.48. The van der Waals surface area contributed by atoms with Crippen molar-refractivity contribution >= 4 is 11.8 Å². The molecule has 0 amide bonds. The second kappa shape index (κ2) is 5.85. The fraction of sp³-hybridized carbons (Fsp3) is 0.333. The first-order valence-electron chi connectivity index (χ1n) is 5.17. The lowest BCUT2D eigenvalue weighted by Gasteiger charge is -2.21. The van der Waals surface area contributed by atoms with Crippen LogP contribution in [0.5, 0.6) is 0 Å². The van der Waals surface area contributed by atoms with Crippen LogP contribution in [0.1, 0.15) is 23.7 Å². The Kier molecular flexibility index (Phi) is 4.46. The van der Waals surface area contributed by atoms with Gasteiger partial charge in [0.05, 0.1) is 12.7 Å². The number of carboxylic acid groups (broad SMARTS) is 1. The molecule has 1 aromatic heterocycles. The summed E-state index contributed by atoms with van der Waals surface area (Å²) in [6.45, 7) is 2.75. The zero-order valence-corrected chi connectivity index (χ0v) is 9.48. The molecule has 0 spiro atoms. The summed E-state index contributed by atoms with van der Waals surface area (Å²) < 4.78 is 13.0. The summed E-state index contributed by atoms with van der Waals surface area (Å²) in [7, 11) is 0. The first kappa shape index (κ1) is 13.0. The number of terminal acetylenes is 1. The summed E-state index contributed by atoms with van der Waals surface area (Å²) in [5.41, 5.74) is -0.172. The number of hydrogen-bond acceptors (Lipinski definition) is 3. The van der Waals surface area contributed by atoms with E-state index in [0.717, 1.165) is 18.7 Å². The summed E-state index contributed by atoms with van der Waals surface area (Å²) in [4.78, 5) is 16.5. The average Bonchev–Trinajstić information content (AvgIpc) is 2.28. The largest absolute Gasteiger partial charge is 0.478 e. The van der Waals surface area contributed by atoms with E-state index in [1.165, 1.54) is 0 Å². The molecule has 1 heterocycles. The van der Waals surface area contributed by atoms with Crippen LogP contribution in [0.15, 0.2) is 12.3 Å². The third-order valence-electron chi connectivity index (χ3n) is 2.14. The molecule has 0 bridgehead atoms. The predicted octanol–water partition coefficient (Wildman–Crippen LogP) is 1.77. The lowest BCUT2D eigenvalue weighted by atomic mass is 10.2. The number of rotatable bonds is 5. The summed E-state index contributed by atoms with van der Waals surface area (Å²) in [5.74, 6) is 0.743. The molecular formula is C12H13FN2O2. The zero-order chi connectivity index (χ0) is 12.8. The number of pyridine rings is 1. The van der Waals surface area contributed by atoms with Gasteiger partial charge in [-0.25, -0.2) is 14.2 Å². The molecule has 0 atom stereocenters. The molecule has 5 heteroatoms. The van der Waals surface area contributed by atoms with Crippen LogP contribution in [0.4, 0.5) is 10.2 Å². The van der Waals surface area contributed by atoms with Gasteiger partial charge in [0.15, 0.2) is 0 Å². The minimum Gasteiger partial charge on any atom is -0.478 e. The molecule has 0 aliphatic rings. The molecule has 1 N–H and O–H groups in total. The van der Waals surface area contributed by atoms with Gasteiger partial charge in [0.2, 0.25) is 0 Å². The molecule has 0 saturated carbocycles. The highest BCUT2D eigenvalue weighted by atomic mass is 19.1. The highest BCUT2D eigenvalue weighted by molar-refractivity contribution is 5.93. The van der Waals surface area contributed by atoms with Crippen LogP contribution in [0.2, 0.25) is 0 Å². The zero-order valence-electron chi connectivity index (χ0n) is 9.48. The number of halogens is 1. The molecule has 17 heavy (non-hydrogen) atoms. The minimum absolute atomic E-state index is 0.172. The van der Waals surface area contributed by atoms with Gasteiger partial charge in [-0.05, 0) is 12.5 Å². The van der Waals surface area contributed by atoms with E-state index in [0.29, 0.717) is 6.54 Å². The Morgan fingerprint density at radius 2 is 2.41 bits per heavy atom. The number of carbonyl (C=O) groups is 1. The topological polar surface area (TPSA) is 53.4 Å². The monoisotopic (exact) mass is 236 g/mol. The number of anilines is 1. The molecule has 0 aliphatic carbocycles. The Balaban J connectivity index is 3.18. The number of hydrogen-bond donors (Lipinski definition) is 1. The van der Waals surface area contributed by atoms with Crippen LogP contribution in [0, 0.1) is 18.2 Å². The number of aromatic carboxylic acids is 1. The third kappa shape index (κ3) is 3.18. The van der Waals surface area contributed by atoms with Crippen LogP contribution < -0.4 is 4.90 Å². The van der Waals surface area contributed by atoms with Crippen molar-refractivity contribution in [2.45, 2.75) is 13.3 Å². The molecule has 0 aromatic carbocycles. The normalized spacial score (nSPS) is 9.71. The van der Waals surface area contributed by atoms with Gasteiger partial charge in [-0.15, -0.1) is 6.42 Å². The second-order valence-electron chi connectivity index (χ2n) is 3.46. The lowest BCUT2D eigenvalue weighted by Crippen LogP contribution is -2.27. The van der Waals surface area contributed by atoms with E-state index >= 15 is 0 Å². The van der Waals surface area contributed by atoms with Gasteiger partial charge in [-0.1, -0.05) is 12.8 Å². The van der Waals surface area contributed by atoms with Crippen molar-refractivity contribution in [3.8, 4) is 12.3 Å². The molecule has 4 nitrogen and oxygen atoms in total. The molecule has 0 fully saturated rings. The maximum Gasteiger partial charge on any atom is 0.339 e. The molecule has 0 saturated heterocycles. The van der Waals surface area contributed by atoms with E-state index in [9.17, 15) is 9.18 Å². The van der Waals surface area contributed by atoms with E-state index < -0.39 is 11.8 Å². The van der Waals surface area contributed by atoms with E-state index in [2.05, 4.69) is 10.9 Å². The van der Waals surface area contributed by atoms with E-state index in [1.54, 1.807) is 4.90 Å². The van der Waals surface area contributed by atoms with Crippen molar-refractivity contribution in [3.05, 3.63) is 23.6 Å². The Morgan fingerprint density at radius 1 is 1.71 bits per heavy atom.